The molecule has 1 amide bonds. The number of imidazole rings is 1. The summed E-state index contributed by atoms with van der Waals surface area (Å²) < 4.78 is 7.11. The van der Waals surface area contributed by atoms with Crippen LogP contribution in [-0.2, 0) is 16.1 Å². The van der Waals surface area contributed by atoms with Gasteiger partial charge in [0.25, 0.3) is 0 Å². The summed E-state index contributed by atoms with van der Waals surface area (Å²) in [7, 11) is 0. The molecule has 1 fully saturated rings. The highest BCUT2D eigenvalue weighted by atomic mass is 16.5. The van der Waals surface area contributed by atoms with Crippen LogP contribution in [0.5, 0.6) is 0 Å². The standard InChI is InChI=1S/C20H31N9O4/c21-19(22)23-7-4-6-14(18(30)31)27-20(32)33-11-3-1-2-8-29-13-26-15-16(28-9-5-10-28)24-12-25-17(15)29/h12-14H,1-11H2,(H,27,32)(H,30,31)(H4,21,22,23)/t14-/m0/s1. The number of anilines is 1. The number of carboxylic acid groups (broad SMARTS) is 1. The summed E-state index contributed by atoms with van der Waals surface area (Å²) in [5.41, 5.74) is 6.81. The van der Waals surface area contributed by atoms with Gasteiger partial charge in [0.15, 0.2) is 22.9 Å². The second kappa shape index (κ2) is 11.8. The van der Waals surface area contributed by atoms with Crippen molar-refractivity contribution in [1.29, 1.82) is 5.41 Å². The lowest BCUT2D eigenvalue weighted by atomic mass is 10.1. The molecule has 33 heavy (non-hydrogen) atoms. The Hall–Kier alpha value is -3.64. The van der Waals surface area contributed by atoms with Crippen LogP contribution >= 0.6 is 0 Å². The summed E-state index contributed by atoms with van der Waals surface area (Å²) in [6, 6.07) is -1.05. The predicted molar refractivity (Wildman–Crippen MR) is 121 cm³/mol. The normalized spacial score (nSPS) is 13.9. The third kappa shape index (κ3) is 6.92. The number of aryl methyl sites for hydroxylation is 1. The molecule has 0 spiro atoms. The second-order valence-electron chi connectivity index (χ2n) is 7.86. The third-order valence-electron chi connectivity index (χ3n) is 5.39. The first-order valence-corrected chi connectivity index (χ1v) is 11.1. The Balaban J connectivity index is 1.33. The van der Waals surface area contributed by atoms with Crippen molar-refractivity contribution in [2.24, 2.45) is 5.73 Å². The van der Waals surface area contributed by atoms with Gasteiger partial charge in [0, 0.05) is 26.2 Å². The Morgan fingerprint density at radius 2 is 2.03 bits per heavy atom. The maximum atomic E-state index is 11.9. The first-order valence-electron chi connectivity index (χ1n) is 11.1. The Labute approximate surface area is 191 Å². The molecule has 1 aliphatic rings. The summed E-state index contributed by atoms with van der Waals surface area (Å²) in [6.45, 7) is 3.30. The fourth-order valence-electron chi connectivity index (χ4n) is 3.49. The van der Waals surface area contributed by atoms with Crippen molar-refractivity contribution in [3.63, 3.8) is 0 Å². The molecule has 13 nitrogen and oxygen atoms in total. The quantitative estimate of drug-likeness (QED) is 0.161. The number of hydrogen-bond acceptors (Lipinski definition) is 8. The fourth-order valence-corrected chi connectivity index (χ4v) is 3.49. The molecule has 1 saturated heterocycles. The molecule has 2 aromatic heterocycles. The van der Waals surface area contributed by atoms with Gasteiger partial charge in [0.2, 0.25) is 0 Å². The maximum Gasteiger partial charge on any atom is 0.407 e. The number of nitrogens with one attached hydrogen (secondary N) is 3. The molecule has 3 heterocycles. The maximum absolute atomic E-state index is 11.9. The van der Waals surface area contributed by atoms with Gasteiger partial charge >= 0.3 is 12.1 Å². The Bertz CT molecular complexity index is 960. The molecule has 1 aliphatic heterocycles. The number of ether oxygens (including phenoxy) is 1. The number of carboxylic acids is 1. The molecule has 0 bridgehead atoms. The third-order valence-corrected chi connectivity index (χ3v) is 5.39. The van der Waals surface area contributed by atoms with Gasteiger partial charge in [-0.1, -0.05) is 0 Å². The average Bonchev–Trinajstić information content (AvgIpc) is 3.15. The van der Waals surface area contributed by atoms with Gasteiger partial charge in [-0.3, -0.25) is 5.41 Å². The van der Waals surface area contributed by atoms with Crippen molar-refractivity contribution in [2.75, 3.05) is 31.1 Å². The number of nitrogens with zero attached hydrogens (tertiary/aromatic N) is 5. The summed E-state index contributed by atoms with van der Waals surface area (Å²) in [6.07, 6.45) is 6.76. The number of aromatic nitrogens is 4. The van der Waals surface area contributed by atoms with Crippen LogP contribution in [0, 0.1) is 5.41 Å². The van der Waals surface area contributed by atoms with Gasteiger partial charge in [-0.2, -0.15) is 0 Å². The van der Waals surface area contributed by atoms with Crippen LogP contribution in [0.4, 0.5) is 10.6 Å². The highest BCUT2D eigenvalue weighted by molar-refractivity contribution is 5.83. The largest absolute Gasteiger partial charge is 0.480 e. The summed E-state index contributed by atoms with van der Waals surface area (Å²) in [4.78, 5) is 38.6. The van der Waals surface area contributed by atoms with E-state index in [4.69, 9.17) is 15.9 Å². The van der Waals surface area contributed by atoms with Gasteiger partial charge in [-0.15, -0.1) is 0 Å². The van der Waals surface area contributed by atoms with E-state index in [0.29, 0.717) is 19.4 Å². The lowest BCUT2D eigenvalue weighted by Gasteiger charge is -2.31. The molecule has 13 heteroatoms. The summed E-state index contributed by atoms with van der Waals surface area (Å²) in [5, 5.41) is 21.2. The number of aliphatic carboxylic acids is 1. The Morgan fingerprint density at radius 1 is 1.21 bits per heavy atom. The summed E-state index contributed by atoms with van der Waals surface area (Å²) >= 11 is 0. The molecule has 0 radical (unpaired) electrons. The van der Waals surface area contributed by atoms with E-state index < -0.39 is 18.1 Å². The molecule has 2 aromatic rings. The first-order chi connectivity index (χ1) is 16.0. The van der Waals surface area contributed by atoms with E-state index in [0.717, 1.165) is 49.5 Å². The fraction of sp³-hybridized carbons (Fsp3) is 0.600. The Morgan fingerprint density at radius 3 is 2.73 bits per heavy atom. The van der Waals surface area contributed by atoms with Gasteiger partial charge in [0.05, 0.1) is 12.9 Å². The molecular formula is C20H31N9O4. The molecular weight excluding hydrogens is 430 g/mol. The van der Waals surface area contributed by atoms with Gasteiger partial charge in [-0.25, -0.2) is 24.5 Å². The SMILES string of the molecule is N=C(N)NCCC[C@H](NC(=O)OCCCCCn1cnc2c(N3CCC3)ncnc21)C(=O)O. The number of hydrogen-bond donors (Lipinski definition) is 5. The van der Waals surface area contributed by atoms with E-state index in [2.05, 4.69) is 30.5 Å². The van der Waals surface area contributed by atoms with E-state index in [1.165, 1.54) is 6.42 Å². The molecule has 180 valence electrons. The van der Waals surface area contributed by atoms with E-state index in [1.807, 2.05) is 4.57 Å². The number of amides is 1. The summed E-state index contributed by atoms with van der Waals surface area (Å²) in [5.74, 6) is -0.428. The number of unbranched alkanes of at least 4 members (excludes halogenated alkanes) is 2. The highest BCUT2D eigenvalue weighted by Gasteiger charge is 2.21. The average molecular weight is 462 g/mol. The number of carbonyl (C=O) groups is 2. The van der Waals surface area contributed by atoms with Crippen molar-refractivity contribution in [3.05, 3.63) is 12.7 Å². The number of rotatable bonds is 13. The zero-order chi connectivity index (χ0) is 23.6. The number of fused-ring (bicyclic) bond motifs is 1. The van der Waals surface area contributed by atoms with E-state index in [9.17, 15) is 14.7 Å². The van der Waals surface area contributed by atoms with Crippen molar-refractivity contribution in [3.8, 4) is 0 Å². The van der Waals surface area contributed by atoms with Gasteiger partial charge in [0.1, 0.15) is 12.4 Å². The number of carbonyl (C=O) groups excluding carboxylic acids is 1. The van der Waals surface area contributed by atoms with Crippen LogP contribution in [0.3, 0.4) is 0 Å². The molecule has 0 aliphatic carbocycles. The molecule has 0 aromatic carbocycles. The zero-order valence-electron chi connectivity index (χ0n) is 18.5. The van der Waals surface area contributed by atoms with Crippen molar-refractivity contribution in [1.82, 2.24) is 30.2 Å². The number of alkyl carbamates (subject to hydrolysis) is 1. The molecule has 1 atom stereocenters. The topological polar surface area (TPSA) is 184 Å². The monoisotopic (exact) mass is 461 g/mol. The molecule has 6 N–H and O–H groups in total. The van der Waals surface area contributed by atoms with Gasteiger partial charge < -0.3 is 35.7 Å². The van der Waals surface area contributed by atoms with Gasteiger partial charge in [-0.05, 0) is 38.5 Å². The van der Waals surface area contributed by atoms with Crippen LogP contribution in [0.2, 0.25) is 0 Å². The second-order valence-corrected chi connectivity index (χ2v) is 7.86. The van der Waals surface area contributed by atoms with Crippen molar-refractivity contribution in [2.45, 2.75) is 51.1 Å². The van der Waals surface area contributed by atoms with Crippen molar-refractivity contribution >= 4 is 35.0 Å². The van der Waals surface area contributed by atoms with Crippen LogP contribution in [-0.4, -0.2) is 74.9 Å². The molecule has 3 rings (SSSR count). The van der Waals surface area contributed by atoms with Crippen LogP contribution < -0.4 is 21.3 Å². The lowest BCUT2D eigenvalue weighted by Crippen LogP contribution is -2.42. The molecule has 0 saturated carbocycles. The highest BCUT2D eigenvalue weighted by Crippen LogP contribution is 2.25. The van der Waals surface area contributed by atoms with E-state index in [-0.39, 0.29) is 19.0 Å². The van der Waals surface area contributed by atoms with Crippen molar-refractivity contribution < 1.29 is 19.4 Å². The lowest BCUT2D eigenvalue weighted by molar-refractivity contribution is -0.139. The molecule has 0 unspecified atom stereocenters. The smallest absolute Gasteiger partial charge is 0.407 e. The minimum absolute atomic E-state index is 0.180. The zero-order valence-corrected chi connectivity index (χ0v) is 18.5. The number of nitrogens with two attached hydrogens (primary N) is 1. The Kier molecular flexibility index (Phi) is 8.61. The van der Waals surface area contributed by atoms with E-state index >= 15 is 0 Å². The minimum atomic E-state index is -1.14. The van der Waals surface area contributed by atoms with Crippen LogP contribution in [0.25, 0.3) is 11.2 Å². The predicted octanol–water partition coefficient (Wildman–Crippen LogP) is 0.649. The minimum Gasteiger partial charge on any atom is -0.480 e. The van der Waals surface area contributed by atoms with E-state index in [1.54, 1.807) is 12.7 Å². The van der Waals surface area contributed by atoms with Crippen LogP contribution in [0.15, 0.2) is 12.7 Å². The number of guanidine groups is 1. The van der Waals surface area contributed by atoms with Crippen LogP contribution in [0.1, 0.15) is 38.5 Å². The first kappa shape index (κ1) is 24.0.